The highest BCUT2D eigenvalue weighted by atomic mass is 32.2. The summed E-state index contributed by atoms with van der Waals surface area (Å²) in [7, 11) is -1.37. The summed E-state index contributed by atoms with van der Waals surface area (Å²) in [5.74, 6) is 1.45. The molecule has 24 heavy (non-hydrogen) atoms. The van der Waals surface area contributed by atoms with Gasteiger partial charge in [-0.05, 0) is 25.7 Å². The summed E-state index contributed by atoms with van der Waals surface area (Å²) in [6.45, 7) is 1.28. The van der Waals surface area contributed by atoms with E-state index in [1.807, 2.05) is 0 Å². The van der Waals surface area contributed by atoms with Crippen molar-refractivity contribution < 1.29 is 17.7 Å². The SMILES string of the molecule is CN(Cc1nc(C2CCN(S(C)(=O)=O)CC2)no1)C(=O)C1CCC1. The average molecular weight is 356 g/mol. The Morgan fingerprint density at radius 3 is 2.50 bits per heavy atom. The molecule has 1 saturated carbocycles. The zero-order valence-corrected chi connectivity index (χ0v) is 15.0. The summed E-state index contributed by atoms with van der Waals surface area (Å²) >= 11 is 0. The van der Waals surface area contributed by atoms with Crippen molar-refractivity contribution in [2.75, 3.05) is 26.4 Å². The van der Waals surface area contributed by atoms with Crippen LogP contribution in [0.1, 0.15) is 49.7 Å². The van der Waals surface area contributed by atoms with Gasteiger partial charge in [0.1, 0.15) is 0 Å². The molecule has 1 aliphatic carbocycles. The highest BCUT2D eigenvalue weighted by Gasteiger charge is 2.30. The van der Waals surface area contributed by atoms with Crippen LogP contribution < -0.4 is 0 Å². The van der Waals surface area contributed by atoms with Gasteiger partial charge in [-0.25, -0.2) is 12.7 Å². The maximum atomic E-state index is 12.1. The average Bonchev–Trinajstić information content (AvgIpc) is 2.93. The van der Waals surface area contributed by atoms with Gasteiger partial charge in [-0.3, -0.25) is 4.79 Å². The minimum Gasteiger partial charge on any atom is -0.337 e. The first kappa shape index (κ1) is 17.3. The third kappa shape index (κ3) is 3.77. The number of sulfonamides is 1. The number of piperidine rings is 1. The summed E-state index contributed by atoms with van der Waals surface area (Å²) in [5.41, 5.74) is 0. The molecule has 0 aromatic carbocycles. The van der Waals surface area contributed by atoms with Crippen molar-refractivity contribution >= 4 is 15.9 Å². The molecule has 1 aromatic rings. The van der Waals surface area contributed by atoms with Gasteiger partial charge in [0.15, 0.2) is 5.82 Å². The molecule has 0 radical (unpaired) electrons. The Kier molecular flexibility index (Phi) is 4.91. The quantitative estimate of drug-likeness (QED) is 0.780. The van der Waals surface area contributed by atoms with Crippen molar-refractivity contribution in [2.45, 2.75) is 44.6 Å². The van der Waals surface area contributed by atoms with Gasteiger partial charge in [0.25, 0.3) is 0 Å². The van der Waals surface area contributed by atoms with Crippen LogP contribution in [0.4, 0.5) is 0 Å². The van der Waals surface area contributed by atoms with E-state index in [0.717, 1.165) is 19.3 Å². The van der Waals surface area contributed by atoms with E-state index in [0.29, 0.717) is 44.2 Å². The fraction of sp³-hybridized carbons (Fsp3) is 0.800. The molecule has 2 fully saturated rings. The zero-order valence-electron chi connectivity index (χ0n) is 14.1. The predicted molar refractivity (Wildman–Crippen MR) is 86.5 cm³/mol. The Hall–Kier alpha value is -1.48. The molecular formula is C15H24N4O4S. The lowest BCUT2D eigenvalue weighted by atomic mass is 9.84. The first-order valence-corrected chi connectivity index (χ1v) is 10.2. The van der Waals surface area contributed by atoms with Gasteiger partial charge in [0, 0.05) is 32.0 Å². The fourth-order valence-electron chi connectivity index (χ4n) is 3.19. The van der Waals surface area contributed by atoms with Crippen molar-refractivity contribution in [3.8, 4) is 0 Å². The summed E-state index contributed by atoms with van der Waals surface area (Å²) in [6, 6.07) is 0. The van der Waals surface area contributed by atoms with E-state index in [9.17, 15) is 13.2 Å². The van der Waals surface area contributed by atoms with Gasteiger partial charge in [-0.2, -0.15) is 4.98 Å². The zero-order chi connectivity index (χ0) is 17.3. The van der Waals surface area contributed by atoms with Crippen LogP contribution in [-0.4, -0.2) is 60.1 Å². The second-order valence-corrected chi connectivity index (χ2v) is 8.79. The van der Waals surface area contributed by atoms with E-state index in [2.05, 4.69) is 10.1 Å². The minimum absolute atomic E-state index is 0.105. The van der Waals surface area contributed by atoms with E-state index < -0.39 is 10.0 Å². The molecule has 134 valence electrons. The monoisotopic (exact) mass is 356 g/mol. The first-order chi connectivity index (χ1) is 11.3. The predicted octanol–water partition coefficient (Wildman–Crippen LogP) is 0.967. The van der Waals surface area contributed by atoms with Gasteiger partial charge in [0.05, 0.1) is 12.8 Å². The van der Waals surface area contributed by atoms with Crippen LogP contribution >= 0.6 is 0 Å². The van der Waals surface area contributed by atoms with Crippen molar-refractivity contribution in [1.82, 2.24) is 19.3 Å². The molecule has 3 rings (SSSR count). The van der Waals surface area contributed by atoms with Crippen LogP contribution in [0.5, 0.6) is 0 Å². The number of hydrogen-bond acceptors (Lipinski definition) is 6. The lowest BCUT2D eigenvalue weighted by Crippen LogP contribution is -2.37. The Bertz CT molecular complexity index is 690. The van der Waals surface area contributed by atoms with Gasteiger partial charge in [0.2, 0.25) is 21.8 Å². The van der Waals surface area contributed by atoms with Crippen LogP contribution in [0.15, 0.2) is 4.52 Å². The summed E-state index contributed by atoms with van der Waals surface area (Å²) in [6.07, 6.45) is 5.66. The topological polar surface area (TPSA) is 96.6 Å². The molecule has 1 saturated heterocycles. The van der Waals surface area contributed by atoms with E-state index in [4.69, 9.17) is 4.52 Å². The van der Waals surface area contributed by atoms with E-state index in [1.54, 1.807) is 11.9 Å². The Morgan fingerprint density at radius 1 is 1.29 bits per heavy atom. The van der Waals surface area contributed by atoms with Crippen LogP contribution in [0.25, 0.3) is 0 Å². The molecule has 0 atom stereocenters. The smallest absolute Gasteiger partial charge is 0.246 e. The molecule has 1 aliphatic heterocycles. The van der Waals surface area contributed by atoms with Crippen LogP contribution in [-0.2, 0) is 21.4 Å². The van der Waals surface area contributed by atoms with Crippen molar-refractivity contribution in [1.29, 1.82) is 0 Å². The van der Waals surface area contributed by atoms with E-state index in [-0.39, 0.29) is 17.7 Å². The Morgan fingerprint density at radius 2 is 1.96 bits per heavy atom. The number of amides is 1. The number of aromatic nitrogens is 2. The summed E-state index contributed by atoms with van der Waals surface area (Å²) in [5, 5.41) is 4.03. The maximum absolute atomic E-state index is 12.1. The van der Waals surface area contributed by atoms with E-state index >= 15 is 0 Å². The molecular weight excluding hydrogens is 332 g/mol. The molecule has 0 bridgehead atoms. The lowest BCUT2D eigenvalue weighted by molar-refractivity contribution is -0.137. The molecule has 1 amide bonds. The second-order valence-electron chi connectivity index (χ2n) is 6.80. The highest BCUT2D eigenvalue weighted by Crippen LogP contribution is 2.29. The second kappa shape index (κ2) is 6.79. The number of nitrogens with zero attached hydrogens (tertiary/aromatic N) is 4. The normalized spacial score (nSPS) is 20.8. The molecule has 0 spiro atoms. The third-order valence-electron chi connectivity index (χ3n) is 4.97. The molecule has 2 heterocycles. The Labute approximate surface area is 142 Å². The summed E-state index contributed by atoms with van der Waals surface area (Å²) in [4.78, 5) is 18.2. The van der Waals surface area contributed by atoms with Crippen LogP contribution in [0.2, 0.25) is 0 Å². The minimum atomic E-state index is -3.13. The number of carbonyl (C=O) groups is 1. The van der Waals surface area contributed by atoms with Crippen molar-refractivity contribution in [3.63, 3.8) is 0 Å². The molecule has 8 nitrogen and oxygen atoms in total. The third-order valence-corrected chi connectivity index (χ3v) is 6.28. The molecule has 2 aliphatic rings. The largest absolute Gasteiger partial charge is 0.337 e. The molecule has 0 unspecified atom stereocenters. The standard InChI is InChI=1S/C15H24N4O4S/c1-18(15(20)12-4-3-5-12)10-13-16-14(17-23-13)11-6-8-19(9-7-11)24(2,21)22/h11-12H,3-10H2,1-2H3. The maximum Gasteiger partial charge on any atom is 0.246 e. The highest BCUT2D eigenvalue weighted by molar-refractivity contribution is 7.88. The van der Waals surface area contributed by atoms with Crippen LogP contribution in [0, 0.1) is 5.92 Å². The molecule has 0 N–H and O–H groups in total. The summed E-state index contributed by atoms with van der Waals surface area (Å²) < 4.78 is 29.8. The number of hydrogen-bond donors (Lipinski definition) is 0. The molecule has 9 heteroatoms. The van der Waals surface area contributed by atoms with Crippen molar-refractivity contribution in [3.05, 3.63) is 11.7 Å². The van der Waals surface area contributed by atoms with Gasteiger partial charge in [-0.1, -0.05) is 11.6 Å². The fourth-order valence-corrected chi connectivity index (χ4v) is 4.07. The van der Waals surface area contributed by atoms with Crippen molar-refractivity contribution in [2.24, 2.45) is 5.92 Å². The van der Waals surface area contributed by atoms with Gasteiger partial charge < -0.3 is 9.42 Å². The number of carbonyl (C=O) groups excluding carboxylic acids is 1. The van der Waals surface area contributed by atoms with Gasteiger partial charge in [-0.15, -0.1) is 0 Å². The first-order valence-electron chi connectivity index (χ1n) is 8.37. The lowest BCUT2D eigenvalue weighted by Gasteiger charge is -2.28. The Balaban J connectivity index is 1.55. The van der Waals surface area contributed by atoms with Crippen LogP contribution in [0.3, 0.4) is 0 Å². The number of rotatable bonds is 5. The van der Waals surface area contributed by atoms with Gasteiger partial charge >= 0.3 is 0 Å². The molecule has 1 aromatic heterocycles. The van der Waals surface area contributed by atoms with E-state index in [1.165, 1.54) is 10.6 Å².